The molecular formula is C15H21ClN2O3. The SMILES string of the molecule is COC(=O)c1ccc(Cl)c(NCC(=O)NCCC(C)C)c1. The largest absolute Gasteiger partial charge is 0.465 e. The molecule has 0 saturated heterocycles. The van der Waals surface area contributed by atoms with Crippen LogP contribution in [0.2, 0.25) is 5.02 Å². The summed E-state index contributed by atoms with van der Waals surface area (Å²) in [6, 6.07) is 4.73. The van der Waals surface area contributed by atoms with Crippen LogP contribution in [0.1, 0.15) is 30.6 Å². The molecule has 116 valence electrons. The Hall–Kier alpha value is -1.75. The number of nitrogens with one attached hydrogen (secondary N) is 2. The van der Waals surface area contributed by atoms with Gasteiger partial charge in [0.1, 0.15) is 0 Å². The van der Waals surface area contributed by atoms with E-state index in [2.05, 4.69) is 29.2 Å². The molecule has 5 nitrogen and oxygen atoms in total. The molecule has 0 fully saturated rings. The number of esters is 1. The number of carbonyl (C=O) groups excluding carboxylic acids is 2. The second-order valence-electron chi connectivity index (χ2n) is 5.07. The molecular weight excluding hydrogens is 292 g/mol. The summed E-state index contributed by atoms with van der Waals surface area (Å²) >= 11 is 6.03. The van der Waals surface area contributed by atoms with Crippen LogP contribution in [0.15, 0.2) is 18.2 Å². The summed E-state index contributed by atoms with van der Waals surface area (Å²) in [6.45, 7) is 4.95. The van der Waals surface area contributed by atoms with Crippen molar-refractivity contribution in [1.82, 2.24) is 5.32 Å². The number of hydrogen-bond donors (Lipinski definition) is 2. The molecule has 0 aliphatic heterocycles. The molecule has 0 heterocycles. The van der Waals surface area contributed by atoms with E-state index in [1.807, 2.05) is 0 Å². The van der Waals surface area contributed by atoms with E-state index >= 15 is 0 Å². The molecule has 0 aliphatic carbocycles. The van der Waals surface area contributed by atoms with Gasteiger partial charge in [-0.3, -0.25) is 4.79 Å². The van der Waals surface area contributed by atoms with Crippen LogP contribution in [0, 0.1) is 5.92 Å². The summed E-state index contributed by atoms with van der Waals surface area (Å²) in [5.74, 6) is -0.0178. The Bertz CT molecular complexity index is 504. The average Bonchev–Trinajstić information content (AvgIpc) is 2.45. The lowest BCUT2D eigenvalue weighted by molar-refractivity contribution is -0.119. The van der Waals surface area contributed by atoms with Crippen LogP contribution in [0.4, 0.5) is 5.69 Å². The Morgan fingerprint density at radius 3 is 2.67 bits per heavy atom. The molecule has 0 saturated carbocycles. The van der Waals surface area contributed by atoms with Gasteiger partial charge in [-0.25, -0.2) is 4.79 Å². The summed E-state index contributed by atoms with van der Waals surface area (Å²) < 4.78 is 4.64. The normalized spacial score (nSPS) is 10.3. The molecule has 6 heteroatoms. The van der Waals surface area contributed by atoms with Gasteiger partial charge in [-0.05, 0) is 30.5 Å². The molecule has 21 heavy (non-hydrogen) atoms. The van der Waals surface area contributed by atoms with Gasteiger partial charge in [0.15, 0.2) is 0 Å². The first kappa shape index (κ1) is 17.3. The van der Waals surface area contributed by atoms with Gasteiger partial charge in [0, 0.05) is 6.54 Å². The van der Waals surface area contributed by atoms with E-state index in [-0.39, 0.29) is 12.5 Å². The number of halogens is 1. The van der Waals surface area contributed by atoms with Crippen LogP contribution < -0.4 is 10.6 Å². The maximum absolute atomic E-state index is 11.7. The van der Waals surface area contributed by atoms with Crippen molar-refractivity contribution in [2.24, 2.45) is 5.92 Å². The van der Waals surface area contributed by atoms with E-state index in [1.54, 1.807) is 18.2 Å². The highest BCUT2D eigenvalue weighted by atomic mass is 35.5. The van der Waals surface area contributed by atoms with Crippen LogP contribution in [0.5, 0.6) is 0 Å². The lowest BCUT2D eigenvalue weighted by Crippen LogP contribution is -2.31. The molecule has 2 N–H and O–H groups in total. The van der Waals surface area contributed by atoms with Gasteiger partial charge in [-0.2, -0.15) is 0 Å². The van der Waals surface area contributed by atoms with Crippen molar-refractivity contribution in [3.05, 3.63) is 28.8 Å². The number of rotatable bonds is 7. The van der Waals surface area contributed by atoms with Gasteiger partial charge in [0.05, 0.1) is 29.9 Å². The maximum atomic E-state index is 11.7. The summed E-state index contributed by atoms with van der Waals surface area (Å²) in [5.41, 5.74) is 0.906. The van der Waals surface area contributed by atoms with Crippen LogP contribution in [-0.2, 0) is 9.53 Å². The standard InChI is InChI=1S/C15H21ClN2O3/c1-10(2)6-7-17-14(19)9-18-13-8-11(15(20)21-3)4-5-12(13)16/h4-5,8,10,18H,6-7,9H2,1-3H3,(H,17,19). The molecule has 0 bridgehead atoms. The van der Waals surface area contributed by atoms with E-state index in [0.29, 0.717) is 28.7 Å². The van der Waals surface area contributed by atoms with Crippen molar-refractivity contribution in [2.75, 3.05) is 25.5 Å². The number of methoxy groups -OCH3 is 1. The zero-order valence-corrected chi connectivity index (χ0v) is 13.3. The molecule has 1 aromatic rings. The minimum absolute atomic E-state index is 0.0996. The Kier molecular flexibility index (Phi) is 7.02. The minimum atomic E-state index is -0.448. The minimum Gasteiger partial charge on any atom is -0.465 e. The Morgan fingerprint density at radius 1 is 1.33 bits per heavy atom. The highest BCUT2D eigenvalue weighted by molar-refractivity contribution is 6.33. The molecule has 1 aromatic carbocycles. The molecule has 0 aromatic heterocycles. The first-order chi connectivity index (χ1) is 9.93. The molecule has 0 unspecified atom stereocenters. The Labute approximate surface area is 130 Å². The highest BCUT2D eigenvalue weighted by Crippen LogP contribution is 2.23. The van der Waals surface area contributed by atoms with Crippen LogP contribution >= 0.6 is 11.6 Å². The third-order valence-corrected chi connectivity index (χ3v) is 3.20. The zero-order chi connectivity index (χ0) is 15.8. The quantitative estimate of drug-likeness (QED) is 0.760. The van der Waals surface area contributed by atoms with Gasteiger partial charge in [0.25, 0.3) is 0 Å². The van der Waals surface area contributed by atoms with E-state index in [0.717, 1.165) is 6.42 Å². The predicted octanol–water partition coefficient (Wildman–Crippen LogP) is 2.70. The lowest BCUT2D eigenvalue weighted by Gasteiger charge is -2.11. The molecule has 1 rings (SSSR count). The molecule has 1 amide bonds. The topological polar surface area (TPSA) is 67.4 Å². The first-order valence-electron chi connectivity index (χ1n) is 6.82. The predicted molar refractivity (Wildman–Crippen MR) is 83.7 cm³/mol. The van der Waals surface area contributed by atoms with E-state index in [4.69, 9.17) is 11.6 Å². The van der Waals surface area contributed by atoms with Crippen LogP contribution in [0.25, 0.3) is 0 Å². The van der Waals surface area contributed by atoms with E-state index < -0.39 is 5.97 Å². The van der Waals surface area contributed by atoms with Crippen molar-refractivity contribution in [3.8, 4) is 0 Å². The number of carbonyl (C=O) groups is 2. The zero-order valence-electron chi connectivity index (χ0n) is 12.5. The number of benzene rings is 1. The number of hydrogen-bond acceptors (Lipinski definition) is 4. The smallest absolute Gasteiger partial charge is 0.337 e. The molecule has 0 aliphatic rings. The molecule has 0 radical (unpaired) electrons. The summed E-state index contributed by atoms with van der Waals surface area (Å²) in [7, 11) is 1.31. The summed E-state index contributed by atoms with van der Waals surface area (Å²) in [6.07, 6.45) is 0.935. The van der Waals surface area contributed by atoms with Crippen molar-refractivity contribution in [3.63, 3.8) is 0 Å². The second-order valence-corrected chi connectivity index (χ2v) is 5.48. The second kappa shape index (κ2) is 8.52. The third-order valence-electron chi connectivity index (χ3n) is 2.87. The van der Waals surface area contributed by atoms with Crippen LogP contribution in [0.3, 0.4) is 0 Å². The fraction of sp³-hybridized carbons (Fsp3) is 0.467. The highest BCUT2D eigenvalue weighted by Gasteiger charge is 2.10. The average molecular weight is 313 g/mol. The molecule has 0 atom stereocenters. The monoisotopic (exact) mass is 312 g/mol. The fourth-order valence-electron chi connectivity index (χ4n) is 1.64. The summed E-state index contributed by atoms with van der Waals surface area (Å²) in [5, 5.41) is 6.18. The number of anilines is 1. The van der Waals surface area contributed by atoms with Crippen molar-refractivity contribution < 1.29 is 14.3 Å². The molecule has 0 spiro atoms. The maximum Gasteiger partial charge on any atom is 0.337 e. The summed E-state index contributed by atoms with van der Waals surface area (Å²) in [4.78, 5) is 23.1. The number of amides is 1. The van der Waals surface area contributed by atoms with Crippen LogP contribution in [-0.4, -0.2) is 32.1 Å². The van der Waals surface area contributed by atoms with Crippen molar-refractivity contribution in [1.29, 1.82) is 0 Å². The van der Waals surface area contributed by atoms with E-state index in [9.17, 15) is 9.59 Å². The van der Waals surface area contributed by atoms with Gasteiger partial charge in [-0.1, -0.05) is 25.4 Å². The van der Waals surface area contributed by atoms with Gasteiger partial charge < -0.3 is 15.4 Å². The fourth-order valence-corrected chi connectivity index (χ4v) is 1.83. The number of ether oxygens (including phenoxy) is 1. The Balaban J connectivity index is 2.54. The Morgan fingerprint density at radius 2 is 2.05 bits per heavy atom. The van der Waals surface area contributed by atoms with E-state index in [1.165, 1.54) is 7.11 Å². The van der Waals surface area contributed by atoms with Crippen molar-refractivity contribution in [2.45, 2.75) is 20.3 Å². The van der Waals surface area contributed by atoms with Gasteiger partial charge in [0.2, 0.25) is 5.91 Å². The third kappa shape index (κ3) is 6.04. The lowest BCUT2D eigenvalue weighted by atomic mass is 10.1. The van der Waals surface area contributed by atoms with Crippen molar-refractivity contribution >= 4 is 29.2 Å². The first-order valence-corrected chi connectivity index (χ1v) is 7.20. The van der Waals surface area contributed by atoms with Gasteiger partial charge in [-0.15, -0.1) is 0 Å². The van der Waals surface area contributed by atoms with Gasteiger partial charge >= 0.3 is 5.97 Å².